The first-order valence-corrected chi connectivity index (χ1v) is 21.4. The number of nitrogens with one attached hydrogen (secondary N) is 5. The van der Waals surface area contributed by atoms with Gasteiger partial charge in [0.2, 0.25) is 23.6 Å². The maximum absolute atomic E-state index is 13.6. The Morgan fingerprint density at radius 3 is 2.10 bits per heavy atom. The number of amides is 5. The van der Waals surface area contributed by atoms with Crippen LogP contribution in [-0.4, -0.2) is 60.7 Å². The Balaban J connectivity index is 1.04. The second kappa shape index (κ2) is 22.0. The molecule has 0 aromatic heterocycles. The molecule has 4 aromatic rings. The number of ether oxygens (including phenoxy) is 1. The van der Waals surface area contributed by atoms with E-state index in [1.807, 2.05) is 105 Å². The lowest BCUT2D eigenvalue weighted by Gasteiger charge is -2.33. The van der Waals surface area contributed by atoms with Gasteiger partial charge in [-0.15, -0.1) is 0 Å². The van der Waals surface area contributed by atoms with Gasteiger partial charge in [-0.3, -0.25) is 29.3 Å². The van der Waals surface area contributed by atoms with Crippen LogP contribution in [0.2, 0.25) is 0 Å². The summed E-state index contributed by atoms with van der Waals surface area (Å²) in [5.74, 6) is -1.53. The first-order chi connectivity index (χ1) is 30.1. The number of fused-ring (bicyclic) bond motifs is 2. The van der Waals surface area contributed by atoms with Crippen molar-refractivity contribution >= 4 is 64.7 Å². The fraction of sp³-hybridized carbons (Fsp3) is 0.360. The van der Waals surface area contributed by atoms with Gasteiger partial charge in [-0.25, -0.2) is 4.79 Å². The number of hydrogen-bond donors (Lipinski definition) is 5. The zero-order valence-corrected chi connectivity index (χ0v) is 37.2. The molecule has 3 atom stereocenters. The number of carbonyl (C=O) groups excluding carboxylic acids is 6. The lowest BCUT2D eigenvalue weighted by Crippen LogP contribution is -2.53. The first kappa shape index (κ1) is 47.4. The van der Waals surface area contributed by atoms with Crippen molar-refractivity contribution in [3.05, 3.63) is 125 Å². The third-order valence-corrected chi connectivity index (χ3v) is 11.3. The van der Waals surface area contributed by atoms with Gasteiger partial charge in [-0.1, -0.05) is 107 Å². The smallest absolute Gasteiger partial charge is 0.411 e. The Hall–Kier alpha value is -6.60. The van der Waals surface area contributed by atoms with Crippen molar-refractivity contribution in [2.45, 2.75) is 104 Å². The first-order valence-electron chi connectivity index (χ1n) is 21.4. The van der Waals surface area contributed by atoms with Crippen molar-refractivity contribution in [1.29, 1.82) is 0 Å². The SMILES string of the molecule is CNC(C(C)=O)C(C)(C)c1cccc(NC(=O)OCc2ccc(NC(=O)[C@H](C)NC(=O)[C@@H](NC(=O)CCCCC(=O)N3Cc4ccccc4/C=C\c4ccccc43)C(C)C)cc2)c1. The summed E-state index contributed by atoms with van der Waals surface area (Å²) in [6.07, 6.45) is 4.81. The van der Waals surface area contributed by atoms with E-state index in [0.29, 0.717) is 36.3 Å². The van der Waals surface area contributed by atoms with Crippen molar-refractivity contribution in [2.24, 2.45) is 5.92 Å². The number of unbranched alkanes of at least 4 members (excludes halogenated alkanes) is 1. The number of likely N-dealkylation sites (N-methyl/N-ethyl adjacent to an activating group) is 1. The van der Waals surface area contributed by atoms with E-state index in [2.05, 4.69) is 32.7 Å². The molecule has 63 heavy (non-hydrogen) atoms. The van der Waals surface area contributed by atoms with Gasteiger partial charge >= 0.3 is 6.09 Å². The minimum Gasteiger partial charge on any atom is -0.444 e. The van der Waals surface area contributed by atoms with E-state index in [-0.39, 0.29) is 43.0 Å². The predicted molar refractivity (Wildman–Crippen MR) is 248 cm³/mol. The average Bonchev–Trinajstić information content (AvgIpc) is 3.24. The molecule has 332 valence electrons. The van der Waals surface area contributed by atoms with Gasteiger partial charge in [-0.05, 0) is 97.8 Å². The number of anilines is 3. The van der Waals surface area contributed by atoms with E-state index in [1.54, 1.807) is 51.2 Å². The van der Waals surface area contributed by atoms with E-state index in [0.717, 1.165) is 27.9 Å². The second-order valence-corrected chi connectivity index (χ2v) is 16.8. The summed E-state index contributed by atoms with van der Waals surface area (Å²) in [5.41, 5.74) is 5.95. The van der Waals surface area contributed by atoms with Crippen LogP contribution in [0.3, 0.4) is 0 Å². The molecule has 1 unspecified atom stereocenters. The van der Waals surface area contributed by atoms with Crippen LogP contribution in [0.1, 0.15) is 95.0 Å². The van der Waals surface area contributed by atoms with Gasteiger partial charge in [0.25, 0.3) is 0 Å². The number of carbonyl (C=O) groups is 6. The number of rotatable bonds is 18. The van der Waals surface area contributed by atoms with Gasteiger partial charge < -0.3 is 30.9 Å². The average molecular weight is 857 g/mol. The van der Waals surface area contributed by atoms with Crippen LogP contribution < -0.4 is 31.5 Å². The molecule has 5 rings (SSSR count). The van der Waals surface area contributed by atoms with Crippen LogP contribution in [0.25, 0.3) is 12.2 Å². The van der Waals surface area contributed by atoms with E-state index < -0.39 is 41.4 Å². The molecule has 0 fully saturated rings. The van der Waals surface area contributed by atoms with Crippen LogP contribution in [-0.2, 0) is 47.3 Å². The standard InChI is InChI=1S/C50H60N6O7/c1-32(2)45(55-43(58)21-12-13-22-44(59)56-30-38-17-9-8-15-36(38)25-26-37-16-10-11-20-42(37)56)48(61)52-33(3)47(60)53-40-27-23-35(24-28-40)31-63-49(62)54-41-19-14-18-39(29-41)50(5,6)46(51-7)34(4)57/h8-11,14-20,23-29,32-33,45-46,51H,12-13,21-22,30-31H2,1-7H3,(H,52,61)(H,53,60)(H,54,62)(H,55,58)/b26-25-/t33-,45-,46?/m0/s1. The number of para-hydroxylation sites is 1. The summed E-state index contributed by atoms with van der Waals surface area (Å²) in [6.45, 7) is 11.1. The quantitative estimate of drug-likeness (QED) is 0.0632. The molecule has 0 spiro atoms. The van der Waals surface area contributed by atoms with Crippen LogP contribution >= 0.6 is 0 Å². The molecule has 0 saturated heterocycles. The Bertz CT molecular complexity index is 2300. The highest BCUT2D eigenvalue weighted by Gasteiger charge is 2.34. The van der Waals surface area contributed by atoms with Crippen molar-refractivity contribution < 1.29 is 33.5 Å². The molecule has 13 nitrogen and oxygen atoms in total. The Kier molecular flexibility index (Phi) is 16.5. The van der Waals surface area contributed by atoms with E-state index in [1.165, 1.54) is 0 Å². The third kappa shape index (κ3) is 13.0. The predicted octanol–water partition coefficient (Wildman–Crippen LogP) is 7.75. The van der Waals surface area contributed by atoms with Crippen molar-refractivity contribution in [2.75, 3.05) is 22.6 Å². The number of hydrogen-bond acceptors (Lipinski definition) is 8. The lowest BCUT2D eigenvalue weighted by molar-refractivity contribution is -0.131. The molecule has 0 bridgehead atoms. The topological polar surface area (TPSA) is 175 Å². The van der Waals surface area contributed by atoms with Gasteiger partial charge in [0.1, 0.15) is 24.5 Å². The Morgan fingerprint density at radius 1 is 0.730 bits per heavy atom. The number of nitrogens with zero attached hydrogens (tertiary/aromatic N) is 1. The molecule has 0 radical (unpaired) electrons. The largest absolute Gasteiger partial charge is 0.444 e. The molecular weight excluding hydrogens is 797 g/mol. The van der Waals surface area contributed by atoms with Crippen LogP contribution in [0, 0.1) is 5.92 Å². The molecule has 1 aliphatic heterocycles. The fourth-order valence-corrected chi connectivity index (χ4v) is 7.69. The van der Waals surface area contributed by atoms with Gasteiger partial charge in [0.05, 0.1) is 18.3 Å². The maximum Gasteiger partial charge on any atom is 0.411 e. The van der Waals surface area contributed by atoms with E-state index >= 15 is 0 Å². The summed E-state index contributed by atoms with van der Waals surface area (Å²) in [5, 5.41) is 14.1. The Morgan fingerprint density at radius 2 is 1.40 bits per heavy atom. The van der Waals surface area contributed by atoms with Gasteiger partial charge in [-0.2, -0.15) is 0 Å². The van der Waals surface area contributed by atoms with Crippen molar-refractivity contribution in [1.82, 2.24) is 16.0 Å². The number of benzene rings is 4. The highest BCUT2D eigenvalue weighted by molar-refractivity contribution is 5.99. The Labute approximate surface area is 370 Å². The molecular formula is C50H60N6O7. The second-order valence-electron chi connectivity index (χ2n) is 16.8. The molecule has 5 amide bonds. The maximum atomic E-state index is 13.6. The molecule has 0 saturated carbocycles. The summed E-state index contributed by atoms with van der Waals surface area (Å²) < 4.78 is 5.43. The molecule has 4 aromatic carbocycles. The normalized spacial score (nSPS) is 14.1. The van der Waals surface area contributed by atoms with Gasteiger partial charge in [0.15, 0.2) is 0 Å². The fourth-order valence-electron chi connectivity index (χ4n) is 7.69. The summed E-state index contributed by atoms with van der Waals surface area (Å²) >= 11 is 0. The minimum atomic E-state index is -0.917. The van der Waals surface area contributed by atoms with Crippen molar-refractivity contribution in [3.63, 3.8) is 0 Å². The van der Waals surface area contributed by atoms with E-state index in [9.17, 15) is 28.8 Å². The van der Waals surface area contributed by atoms with Gasteiger partial charge in [0, 0.05) is 29.6 Å². The zero-order valence-electron chi connectivity index (χ0n) is 37.2. The van der Waals surface area contributed by atoms with Crippen LogP contribution in [0.15, 0.2) is 97.1 Å². The minimum absolute atomic E-state index is 0.0104. The third-order valence-electron chi connectivity index (χ3n) is 11.3. The molecule has 1 heterocycles. The highest BCUT2D eigenvalue weighted by Crippen LogP contribution is 2.31. The monoisotopic (exact) mass is 856 g/mol. The summed E-state index contributed by atoms with van der Waals surface area (Å²) in [4.78, 5) is 79.7. The molecule has 5 N–H and O–H groups in total. The molecule has 13 heteroatoms. The van der Waals surface area contributed by atoms with Crippen molar-refractivity contribution in [3.8, 4) is 0 Å². The zero-order chi connectivity index (χ0) is 45.7. The highest BCUT2D eigenvalue weighted by atomic mass is 16.5. The summed E-state index contributed by atoms with van der Waals surface area (Å²) in [6, 6.07) is 27.7. The molecule has 0 aliphatic carbocycles. The number of Topliss-reactive ketones (excluding diaryl/α,β-unsaturated/α-hetero) is 1. The van der Waals surface area contributed by atoms with Crippen LogP contribution in [0.5, 0.6) is 0 Å². The summed E-state index contributed by atoms with van der Waals surface area (Å²) in [7, 11) is 1.74. The van der Waals surface area contributed by atoms with Crippen LogP contribution in [0.4, 0.5) is 21.9 Å². The molecule has 1 aliphatic rings. The number of ketones is 1. The van der Waals surface area contributed by atoms with E-state index in [4.69, 9.17) is 4.74 Å². The lowest BCUT2D eigenvalue weighted by atomic mass is 9.76.